The molecule has 0 aliphatic carbocycles. The van der Waals surface area contributed by atoms with Gasteiger partial charge in [0.05, 0.1) is 16.6 Å². The van der Waals surface area contributed by atoms with Crippen LogP contribution in [0.15, 0.2) is 18.2 Å². The number of carbonyl (C=O) groups excluding carboxylic acids is 1. The molecular weight excluding hydrogens is 335 g/mol. The Hall–Kier alpha value is -0.950. The van der Waals surface area contributed by atoms with Crippen molar-refractivity contribution in [1.82, 2.24) is 4.90 Å². The van der Waals surface area contributed by atoms with Gasteiger partial charge in [0.25, 0.3) is 0 Å². The Kier molecular flexibility index (Phi) is 5.75. The van der Waals surface area contributed by atoms with Crippen LogP contribution in [0.1, 0.15) is 0 Å². The number of nitrogens with one attached hydrogen (secondary N) is 1. The molecule has 1 amide bonds. The lowest BCUT2D eigenvalue weighted by Gasteiger charge is -2.31. The predicted octanol–water partition coefficient (Wildman–Crippen LogP) is 2.43. The molecule has 2 N–H and O–H groups in total. The molecule has 114 valence electrons. The lowest BCUT2D eigenvalue weighted by atomic mass is 10.2. The van der Waals surface area contributed by atoms with E-state index in [1.807, 2.05) is 0 Å². The second-order valence-electron chi connectivity index (χ2n) is 4.58. The third-order valence-corrected chi connectivity index (χ3v) is 4.84. The number of amides is 1. The Balaban J connectivity index is 1.97. The van der Waals surface area contributed by atoms with Gasteiger partial charge in [0.1, 0.15) is 6.04 Å². The number of thioether (sulfide) groups is 1. The molecule has 1 aliphatic heterocycles. The van der Waals surface area contributed by atoms with Gasteiger partial charge in [-0.3, -0.25) is 14.5 Å². The minimum absolute atomic E-state index is 0.0395. The molecule has 1 saturated heterocycles. The smallest absolute Gasteiger partial charge is 0.321 e. The van der Waals surface area contributed by atoms with Crippen molar-refractivity contribution >= 4 is 52.5 Å². The van der Waals surface area contributed by atoms with E-state index < -0.39 is 12.0 Å². The minimum Gasteiger partial charge on any atom is -0.480 e. The van der Waals surface area contributed by atoms with Crippen molar-refractivity contribution < 1.29 is 14.7 Å². The lowest BCUT2D eigenvalue weighted by Crippen LogP contribution is -2.50. The maximum Gasteiger partial charge on any atom is 0.321 e. The molecule has 0 bridgehead atoms. The first-order valence-electron chi connectivity index (χ1n) is 6.27. The largest absolute Gasteiger partial charge is 0.480 e. The molecule has 1 atom stereocenters. The molecule has 1 aromatic carbocycles. The lowest BCUT2D eigenvalue weighted by molar-refractivity contribution is -0.142. The average Bonchev–Trinajstić information content (AvgIpc) is 2.43. The Morgan fingerprint density at radius 1 is 1.38 bits per heavy atom. The molecule has 1 fully saturated rings. The number of benzene rings is 1. The van der Waals surface area contributed by atoms with Crippen LogP contribution < -0.4 is 5.32 Å². The van der Waals surface area contributed by atoms with Crippen LogP contribution >= 0.6 is 35.0 Å². The van der Waals surface area contributed by atoms with E-state index in [1.165, 1.54) is 0 Å². The molecule has 0 aromatic heterocycles. The van der Waals surface area contributed by atoms with Crippen molar-refractivity contribution in [2.24, 2.45) is 0 Å². The van der Waals surface area contributed by atoms with Crippen molar-refractivity contribution in [3.8, 4) is 0 Å². The highest BCUT2D eigenvalue weighted by molar-refractivity contribution is 7.99. The molecule has 5 nitrogen and oxygen atoms in total. The van der Waals surface area contributed by atoms with Gasteiger partial charge >= 0.3 is 5.97 Å². The van der Waals surface area contributed by atoms with Crippen LogP contribution in [0.25, 0.3) is 0 Å². The van der Waals surface area contributed by atoms with Crippen molar-refractivity contribution in [3.63, 3.8) is 0 Å². The molecule has 1 unspecified atom stereocenters. The zero-order valence-corrected chi connectivity index (χ0v) is 13.3. The Labute approximate surface area is 136 Å². The van der Waals surface area contributed by atoms with E-state index in [4.69, 9.17) is 28.3 Å². The van der Waals surface area contributed by atoms with Crippen LogP contribution in [0.2, 0.25) is 10.0 Å². The highest BCUT2D eigenvalue weighted by Gasteiger charge is 2.30. The number of carboxylic acid groups (broad SMARTS) is 1. The summed E-state index contributed by atoms with van der Waals surface area (Å²) in [5.74, 6) is 0.148. The Morgan fingerprint density at radius 2 is 2.14 bits per heavy atom. The maximum absolute atomic E-state index is 12.0. The van der Waals surface area contributed by atoms with E-state index >= 15 is 0 Å². The summed E-state index contributed by atoms with van der Waals surface area (Å²) in [6, 6.07) is 4.18. The standard InChI is InChI=1S/C13H14Cl2N2O3S/c14-9-2-1-8(5-10(9)15)16-12(18)6-17-3-4-21-7-11(17)13(19)20/h1-2,5,11H,3-4,6-7H2,(H,16,18)(H,19,20). The second-order valence-corrected chi connectivity index (χ2v) is 6.54. The molecule has 1 heterocycles. The van der Waals surface area contributed by atoms with E-state index in [-0.39, 0.29) is 12.5 Å². The van der Waals surface area contributed by atoms with E-state index in [0.29, 0.717) is 28.0 Å². The zero-order valence-electron chi connectivity index (χ0n) is 11.0. The third-order valence-electron chi connectivity index (χ3n) is 3.07. The minimum atomic E-state index is -0.899. The van der Waals surface area contributed by atoms with Gasteiger partial charge in [-0.1, -0.05) is 23.2 Å². The van der Waals surface area contributed by atoms with E-state index in [9.17, 15) is 9.59 Å². The third kappa shape index (κ3) is 4.51. The topological polar surface area (TPSA) is 69.6 Å². The second kappa shape index (κ2) is 7.35. The fourth-order valence-corrected chi connectivity index (χ4v) is 3.42. The van der Waals surface area contributed by atoms with Crippen molar-refractivity contribution in [2.45, 2.75) is 6.04 Å². The van der Waals surface area contributed by atoms with Gasteiger partial charge in [-0.25, -0.2) is 0 Å². The predicted molar refractivity (Wildman–Crippen MR) is 85.4 cm³/mol. The SMILES string of the molecule is O=C(CN1CCSCC1C(=O)O)Nc1ccc(Cl)c(Cl)c1. The van der Waals surface area contributed by atoms with Crippen LogP contribution in [0.3, 0.4) is 0 Å². The summed E-state index contributed by atoms with van der Waals surface area (Å²) in [6.45, 7) is 0.619. The van der Waals surface area contributed by atoms with Crippen LogP contribution in [-0.4, -0.2) is 52.5 Å². The van der Waals surface area contributed by atoms with Gasteiger partial charge in [0.2, 0.25) is 5.91 Å². The monoisotopic (exact) mass is 348 g/mol. The quantitative estimate of drug-likeness (QED) is 0.874. The first-order chi connectivity index (χ1) is 9.97. The molecule has 0 saturated carbocycles. The average molecular weight is 349 g/mol. The summed E-state index contributed by atoms with van der Waals surface area (Å²) < 4.78 is 0. The first kappa shape index (κ1) is 16.4. The molecular formula is C13H14Cl2N2O3S. The zero-order chi connectivity index (χ0) is 15.4. The first-order valence-corrected chi connectivity index (χ1v) is 8.18. The summed E-state index contributed by atoms with van der Waals surface area (Å²) in [5, 5.41) is 12.6. The number of hydrogen-bond donors (Lipinski definition) is 2. The fraction of sp³-hybridized carbons (Fsp3) is 0.385. The van der Waals surface area contributed by atoms with E-state index in [2.05, 4.69) is 5.32 Å². The summed E-state index contributed by atoms with van der Waals surface area (Å²) in [4.78, 5) is 24.9. The van der Waals surface area contributed by atoms with Gasteiger partial charge in [0, 0.05) is 23.7 Å². The molecule has 8 heteroatoms. The van der Waals surface area contributed by atoms with Gasteiger partial charge in [-0.15, -0.1) is 0 Å². The summed E-state index contributed by atoms with van der Waals surface area (Å²) in [5.41, 5.74) is 0.535. The van der Waals surface area contributed by atoms with Crippen molar-refractivity contribution in [2.75, 3.05) is 29.9 Å². The highest BCUT2D eigenvalue weighted by atomic mass is 35.5. The van der Waals surface area contributed by atoms with Crippen LogP contribution in [0.4, 0.5) is 5.69 Å². The molecule has 0 spiro atoms. The molecule has 1 aromatic rings. The van der Waals surface area contributed by atoms with Gasteiger partial charge in [-0.2, -0.15) is 11.8 Å². The van der Waals surface area contributed by atoms with Crippen molar-refractivity contribution in [1.29, 1.82) is 0 Å². The van der Waals surface area contributed by atoms with Crippen LogP contribution in [-0.2, 0) is 9.59 Å². The fourth-order valence-electron chi connectivity index (χ4n) is 2.01. The molecule has 1 aliphatic rings. The molecule has 0 radical (unpaired) electrons. The van der Waals surface area contributed by atoms with Crippen LogP contribution in [0, 0.1) is 0 Å². The van der Waals surface area contributed by atoms with Gasteiger partial charge in [-0.05, 0) is 18.2 Å². The number of carbonyl (C=O) groups is 2. The maximum atomic E-state index is 12.0. The molecule has 2 rings (SSSR count). The number of anilines is 1. The van der Waals surface area contributed by atoms with Crippen LogP contribution in [0.5, 0.6) is 0 Å². The van der Waals surface area contributed by atoms with Crippen molar-refractivity contribution in [3.05, 3.63) is 28.2 Å². The highest BCUT2D eigenvalue weighted by Crippen LogP contribution is 2.25. The Morgan fingerprint density at radius 3 is 2.81 bits per heavy atom. The number of hydrogen-bond acceptors (Lipinski definition) is 4. The number of aliphatic carboxylic acids is 1. The number of halogens is 2. The number of carboxylic acids is 1. The summed E-state index contributed by atoms with van der Waals surface area (Å²) in [7, 11) is 0. The summed E-state index contributed by atoms with van der Waals surface area (Å²) >= 11 is 13.3. The van der Waals surface area contributed by atoms with E-state index in [0.717, 1.165) is 5.75 Å². The Bertz CT molecular complexity index is 556. The normalized spacial score (nSPS) is 19.2. The molecule has 21 heavy (non-hydrogen) atoms. The van der Waals surface area contributed by atoms with Gasteiger partial charge in [0.15, 0.2) is 0 Å². The summed E-state index contributed by atoms with van der Waals surface area (Å²) in [6.07, 6.45) is 0. The number of nitrogens with zero attached hydrogens (tertiary/aromatic N) is 1. The number of rotatable bonds is 4. The van der Waals surface area contributed by atoms with E-state index in [1.54, 1.807) is 34.9 Å². The van der Waals surface area contributed by atoms with Gasteiger partial charge < -0.3 is 10.4 Å².